The van der Waals surface area contributed by atoms with Crippen LogP contribution in [-0.4, -0.2) is 56.2 Å². The molecule has 0 radical (unpaired) electrons. The van der Waals surface area contributed by atoms with Crippen LogP contribution in [0.1, 0.15) is 12.8 Å². The van der Waals surface area contributed by atoms with Gasteiger partial charge in [-0.25, -0.2) is 4.79 Å². The third-order valence-corrected chi connectivity index (χ3v) is 3.30. The van der Waals surface area contributed by atoms with Crippen LogP contribution < -0.4 is 5.32 Å². The third kappa shape index (κ3) is 4.24. The Morgan fingerprint density at radius 2 is 1.79 bits per heavy atom. The van der Waals surface area contributed by atoms with Gasteiger partial charge in [0.25, 0.3) is 0 Å². The van der Waals surface area contributed by atoms with Gasteiger partial charge in [0.2, 0.25) is 0 Å². The maximum Gasteiger partial charge on any atom is 0.405 e. The molecule has 0 atom stereocenters. The molecule has 0 bridgehead atoms. The number of amides is 2. The molecule has 0 saturated carbocycles. The fourth-order valence-corrected chi connectivity index (χ4v) is 2.31. The molecule has 19 heavy (non-hydrogen) atoms. The highest BCUT2D eigenvalue weighted by atomic mass is 19.4. The maximum atomic E-state index is 12.0. The van der Waals surface area contributed by atoms with Crippen molar-refractivity contribution < 1.29 is 27.4 Å². The molecular formula is C11H17F3N2O3. The van der Waals surface area contributed by atoms with E-state index in [-0.39, 0.29) is 12.2 Å². The van der Waals surface area contributed by atoms with Gasteiger partial charge in [-0.2, -0.15) is 13.2 Å². The smallest absolute Gasteiger partial charge is 0.350 e. The number of carbonyl (C=O) groups is 1. The van der Waals surface area contributed by atoms with Crippen LogP contribution in [0, 0.1) is 5.92 Å². The molecule has 2 amide bonds. The second kappa shape index (κ2) is 5.96. The Kier molecular flexibility index (Phi) is 4.51. The Morgan fingerprint density at radius 3 is 2.32 bits per heavy atom. The fourth-order valence-electron chi connectivity index (χ4n) is 2.31. The van der Waals surface area contributed by atoms with Crippen LogP contribution in [0.4, 0.5) is 18.0 Å². The highest BCUT2D eigenvalue weighted by molar-refractivity contribution is 5.74. The lowest BCUT2D eigenvalue weighted by molar-refractivity contribution is -0.123. The van der Waals surface area contributed by atoms with E-state index in [0.717, 1.165) is 0 Å². The average Bonchev–Trinajstić information content (AvgIpc) is 2.89. The minimum absolute atomic E-state index is 0.217. The SMILES string of the molecule is O=C(NCC(F)(F)F)N1CCC(C2OCCO2)CC1. The van der Waals surface area contributed by atoms with Crippen molar-refractivity contribution >= 4 is 6.03 Å². The van der Waals surface area contributed by atoms with E-state index in [1.807, 2.05) is 5.32 Å². The van der Waals surface area contributed by atoms with E-state index in [4.69, 9.17) is 9.47 Å². The van der Waals surface area contributed by atoms with Gasteiger partial charge in [-0.1, -0.05) is 0 Å². The molecule has 0 unspecified atom stereocenters. The van der Waals surface area contributed by atoms with Crippen LogP contribution in [0.5, 0.6) is 0 Å². The molecule has 2 rings (SSSR count). The summed E-state index contributed by atoms with van der Waals surface area (Å²) in [6.45, 7) is 0.726. The molecule has 5 nitrogen and oxygen atoms in total. The van der Waals surface area contributed by atoms with Crippen LogP contribution >= 0.6 is 0 Å². The Balaban J connectivity index is 1.71. The normalized spacial score (nSPS) is 22.8. The zero-order valence-electron chi connectivity index (χ0n) is 10.4. The number of carbonyl (C=O) groups excluding carboxylic acids is 1. The van der Waals surface area contributed by atoms with Gasteiger partial charge in [0.15, 0.2) is 6.29 Å². The number of ether oxygens (including phenoxy) is 2. The maximum absolute atomic E-state index is 12.0. The predicted octanol–water partition coefficient (Wildman–Crippen LogP) is 1.34. The molecule has 110 valence electrons. The van der Waals surface area contributed by atoms with E-state index in [0.29, 0.717) is 39.1 Å². The zero-order chi connectivity index (χ0) is 13.9. The molecule has 1 N–H and O–H groups in total. The first-order chi connectivity index (χ1) is 8.96. The van der Waals surface area contributed by atoms with Crippen molar-refractivity contribution in [3.05, 3.63) is 0 Å². The van der Waals surface area contributed by atoms with Gasteiger partial charge >= 0.3 is 12.2 Å². The number of urea groups is 1. The standard InChI is InChI=1S/C11H17F3N2O3/c12-11(13,14)7-15-10(17)16-3-1-8(2-4-16)9-18-5-6-19-9/h8-9H,1-7H2,(H,15,17). The van der Waals surface area contributed by atoms with Gasteiger partial charge in [0, 0.05) is 19.0 Å². The van der Waals surface area contributed by atoms with E-state index in [1.54, 1.807) is 0 Å². The summed E-state index contributed by atoms with van der Waals surface area (Å²) < 4.78 is 46.7. The Labute approximate surface area is 109 Å². The molecule has 0 aromatic carbocycles. The Hall–Kier alpha value is -1.02. The minimum atomic E-state index is -4.38. The summed E-state index contributed by atoms with van der Waals surface area (Å²) in [4.78, 5) is 12.9. The summed E-state index contributed by atoms with van der Waals surface area (Å²) in [5.74, 6) is 0.217. The summed E-state index contributed by atoms with van der Waals surface area (Å²) in [6, 6.07) is -0.663. The Bertz CT molecular complexity index is 311. The summed E-state index contributed by atoms with van der Waals surface area (Å²) in [6.07, 6.45) is -3.23. The van der Waals surface area contributed by atoms with E-state index in [1.165, 1.54) is 4.90 Å². The van der Waals surface area contributed by atoms with Crippen molar-refractivity contribution in [3.8, 4) is 0 Å². The van der Waals surface area contributed by atoms with Crippen molar-refractivity contribution in [2.75, 3.05) is 32.8 Å². The summed E-state index contributed by atoms with van der Waals surface area (Å²) >= 11 is 0. The van der Waals surface area contributed by atoms with Crippen molar-refractivity contribution in [1.82, 2.24) is 10.2 Å². The van der Waals surface area contributed by atoms with E-state index >= 15 is 0 Å². The number of hydrogen-bond acceptors (Lipinski definition) is 3. The molecule has 0 aromatic heterocycles. The molecule has 0 aromatic rings. The van der Waals surface area contributed by atoms with Gasteiger partial charge in [-0.3, -0.25) is 0 Å². The summed E-state index contributed by atoms with van der Waals surface area (Å²) in [5.41, 5.74) is 0. The molecule has 2 fully saturated rings. The van der Waals surface area contributed by atoms with E-state index in [2.05, 4.69) is 0 Å². The average molecular weight is 282 g/mol. The van der Waals surface area contributed by atoms with Gasteiger partial charge in [-0.05, 0) is 12.8 Å². The number of nitrogens with zero attached hydrogens (tertiary/aromatic N) is 1. The number of piperidine rings is 1. The highest BCUT2D eigenvalue weighted by Gasteiger charge is 2.33. The summed E-state index contributed by atoms with van der Waals surface area (Å²) in [7, 11) is 0. The highest BCUT2D eigenvalue weighted by Crippen LogP contribution is 2.25. The zero-order valence-corrected chi connectivity index (χ0v) is 10.4. The lowest BCUT2D eigenvalue weighted by Crippen LogP contribution is -2.48. The predicted molar refractivity (Wildman–Crippen MR) is 59.4 cm³/mol. The topological polar surface area (TPSA) is 50.8 Å². The molecular weight excluding hydrogens is 265 g/mol. The molecule has 2 aliphatic rings. The number of rotatable bonds is 2. The molecule has 2 heterocycles. The molecule has 2 saturated heterocycles. The monoisotopic (exact) mass is 282 g/mol. The van der Waals surface area contributed by atoms with Gasteiger partial charge in [0.1, 0.15) is 6.54 Å². The van der Waals surface area contributed by atoms with Gasteiger partial charge < -0.3 is 19.7 Å². The number of hydrogen-bond donors (Lipinski definition) is 1. The lowest BCUT2D eigenvalue weighted by atomic mass is 9.96. The first-order valence-electron chi connectivity index (χ1n) is 6.28. The number of halogens is 3. The third-order valence-electron chi connectivity index (χ3n) is 3.30. The van der Waals surface area contributed by atoms with Crippen molar-refractivity contribution in [2.24, 2.45) is 5.92 Å². The second-order valence-corrected chi connectivity index (χ2v) is 4.71. The molecule has 8 heteroatoms. The van der Waals surface area contributed by atoms with Crippen LogP contribution in [-0.2, 0) is 9.47 Å². The number of likely N-dealkylation sites (tertiary alicyclic amines) is 1. The van der Waals surface area contributed by atoms with E-state index < -0.39 is 18.8 Å². The quantitative estimate of drug-likeness (QED) is 0.831. The van der Waals surface area contributed by atoms with Crippen LogP contribution in [0.2, 0.25) is 0 Å². The minimum Gasteiger partial charge on any atom is -0.350 e. The van der Waals surface area contributed by atoms with E-state index in [9.17, 15) is 18.0 Å². The summed E-state index contributed by atoms with van der Waals surface area (Å²) in [5, 5.41) is 1.88. The van der Waals surface area contributed by atoms with Crippen molar-refractivity contribution in [2.45, 2.75) is 25.3 Å². The van der Waals surface area contributed by atoms with Crippen LogP contribution in [0.15, 0.2) is 0 Å². The van der Waals surface area contributed by atoms with Crippen molar-refractivity contribution in [1.29, 1.82) is 0 Å². The van der Waals surface area contributed by atoms with Gasteiger partial charge in [-0.15, -0.1) is 0 Å². The largest absolute Gasteiger partial charge is 0.405 e. The fraction of sp³-hybridized carbons (Fsp3) is 0.909. The molecule has 2 aliphatic heterocycles. The van der Waals surface area contributed by atoms with Crippen molar-refractivity contribution in [3.63, 3.8) is 0 Å². The molecule has 0 spiro atoms. The van der Waals surface area contributed by atoms with Gasteiger partial charge in [0.05, 0.1) is 13.2 Å². The number of alkyl halides is 3. The molecule has 0 aliphatic carbocycles. The first kappa shape index (κ1) is 14.4. The van der Waals surface area contributed by atoms with Crippen LogP contribution in [0.3, 0.4) is 0 Å². The lowest BCUT2D eigenvalue weighted by Gasteiger charge is -2.33. The Morgan fingerprint density at radius 1 is 1.21 bits per heavy atom. The first-order valence-corrected chi connectivity index (χ1v) is 6.28. The second-order valence-electron chi connectivity index (χ2n) is 4.71. The number of nitrogens with one attached hydrogen (secondary N) is 1. The van der Waals surface area contributed by atoms with Crippen LogP contribution in [0.25, 0.3) is 0 Å².